The molecule has 18 heavy (non-hydrogen) atoms. The SMILES string of the molecule is O=c1[nH]c(=O)n([C@@H]2O[C@H](CO)[C@@H](O)[C@H]2F)cc1I. The van der Waals surface area contributed by atoms with E-state index in [0.29, 0.717) is 0 Å². The summed E-state index contributed by atoms with van der Waals surface area (Å²) in [4.78, 5) is 24.7. The number of nitrogens with one attached hydrogen (secondary N) is 1. The van der Waals surface area contributed by atoms with Crippen LogP contribution in [0.2, 0.25) is 0 Å². The molecule has 0 saturated carbocycles. The van der Waals surface area contributed by atoms with Crippen molar-refractivity contribution >= 4 is 22.6 Å². The first-order valence-electron chi connectivity index (χ1n) is 5.05. The van der Waals surface area contributed by atoms with Crippen LogP contribution in [-0.4, -0.2) is 44.8 Å². The minimum Gasteiger partial charge on any atom is -0.394 e. The number of H-pyrrole nitrogens is 1. The molecular weight excluding hydrogens is 362 g/mol. The Morgan fingerprint density at radius 2 is 2.22 bits per heavy atom. The van der Waals surface area contributed by atoms with Crippen LogP contribution in [0.4, 0.5) is 4.39 Å². The second kappa shape index (κ2) is 5.07. The van der Waals surface area contributed by atoms with E-state index in [1.807, 2.05) is 4.98 Å². The van der Waals surface area contributed by atoms with Gasteiger partial charge in [0.25, 0.3) is 5.56 Å². The number of halogens is 2. The van der Waals surface area contributed by atoms with E-state index in [1.54, 1.807) is 22.6 Å². The van der Waals surface area contributed by atoms with Gasteiger partial charge in [-0.2, -0.15) is 0 Å². The van der Waals surface area contributed by atoms with E-state index < -0.39 is 42.5 Å². The summed E-state index contributed by atoms with van der Waals surface area (Å²) in [6.45, 7) is -0.562. The first-order chi connectivity index (χ1) is 8.45. The lowest BCUT2D eigenvalue weighted by Crippen LogP contribution is -2.37. The monoisotopic (exact) mass is 372 g/mol. The zero-order valence-corrected chi connectivity index (χ0v) is 11.1. The number of ether oxygens (including phenoxy) is 1. The Morgan fingerprint density at radius 3 is 2.78 bits per heavy atom. The Labute approximate surface area is 113 Å². The third kappa shape index (κ3) is 2.22. The predicted octanol–water partition coefficient (Wildman–Crippen LogP) is -1.27. The molecule has 1 aromatic rings. The number of aliphatic hydroxyl groups excluding tert-OH is 2. The highest BCUT2D eigenvalue weighted by Crippen LogP contribution is 2.30. The summed E-state index contributed by atoms with van der Waals surface area (Å²) in [5.41, 5.74) is -1.41. The Hall–Kier alpha value is -0.780. The summed E-state index contributed by atoms with van der Waals surface area (Å²) in [5.74, 6) is 0. The third-order valence-electron chi connectivity index (χ3n) is 2.67. The molecule has 9 heteroatoms. The zero-order chi connectivity index (χ0) is 13.4. The molecule has 4 atom stereocenters. The Kier molecular flexibility index (Phi) is 3.84. The first-order valence-corrected chi connectivity index (χ1v) is 6.13. The highest BCUT2D eigenvalue weighted by molar-refractivity contribution is 14.1. The van der Waals surface area contributed by atoms with Gasteiger partial charge in [-0.1, -0.05) is 0 Å². The quantitative estimate of drug-likeness (QED) is 0.562. The van der Waals surface area contributed by atoms with Crippen molar-refractivity contribution in [1.29, 1.82) is 0 Å². The minimum absolute atomic E-state index is 0.185. The van der Waals surface area contributed by atoms with Gasteiger partial charge >= 0.3 is 5.69 Å². The molecular formula is C9H10FIN2O5. The van der Waals surface area contributed by atoms with Crippen LogP contribution in [0, 0.1) is 3.57 Å². The zero-order valence-electron chi connectivity index (χ0n) is 8.92. The molecule has 1 fully saturated rings. The summed E-state index contributed by atoms with van der Waals surface area (Å²) in [6, 6.07) is 0. The standard InChI is InChI=1S/C9H10FIN2O5/c10-5-6(15)4(2-14)18-8(5)13-1-3(11)7(16)12-9(13)17/h1,4-6,8,14-15H,2H2,(H,12,16,17)/t4-,5-,6-,8-/m1/s1. The number of alkyl halides is 1. The van der Waals surface area contributed by atoms with Crippen LogP contribution in [0.15, 0.2) is 15.8 Å². The van der Waals surface area contributed by atoms with E-state index >= 15 is 0 Å². The van der Waals surface area contributed by atoms with E-state index in [1.165, 1.54) is 0 Å². The summed E-state index contributed by atoms with van der Waals surface area (Å²) >= 11 is 1.69. The number of aromatic amines is 1. The molecule has 0 spiro atoms. The van der Waals surface area contributed by atoms with Crippen LogP contribution in [-0.2, 0) is 4.74 Å². The van der Waals surface area contributed by atoms with E-state index in [9.17, 15) is 19.1 Å². The summed E-state index contributed by atoms with van der Waals surface area (Å²) in [7, 11) is 0. The summed E-state index contributed by atoms with van der Waals surface area (Å²) < 4.78 is 19.9. The van der Waals surface area contributed by atoms with Crippen molar-refractivity contribution in [3.05, 3.63) is 30.6 Å². The second-order valence-electron chi connectivity index (χ2n) is 3.83. The molecule has 0 unspecified atom stereocenters. The fourth-order valence-corrected chi connectivity index (χ4v) is 2.16. The van der Waals surface area contributed by atoms with Crippen LogP contribution < -0.4 is 11.2 Å². The van der Waals surface area contributed by atoms with E-state index in [-0.39, 0.29) is 3.57 Å². The Morgan fingerprint density at radius 1 is 1.56 bits per heavy atom. The molecule has 0 radical (unpaired) electrons. The summed E-state index contributed by atoms with van der Waals surface area (Å²) in [5, 5.41) is 18.3. The highest BCUT2D eigenvalue weighted by atomic mass is 127. The Bertz CT molecular complexity index is 559. The minimum atomic E-state index is -1.86. The van der Waals surface area contributed by atoms with E-state index in [0.717, 1.165) is 10.8 Å². The van der Waals surface area contributed by atoms with Crippen LogP contribution in [0.1, 0.15) is 6.23 Å². The van der Waals surface area contributed by atoms with Crippen LogP contribution >= 0.6 is 22.6 Å². The maximum atomic E-state index is 13.8. The molecule has 100 valence electrons. The number of nitrogens with zero attached hydrogens (tertiary/aromatic N) is 1. The molecule has 2 rings (SSSR count). The number of rotatable bonds is 2. The van der Waals surface area contributed by atoms with Gasteiger partial charge in [-0.15, -0.1) is 0 Å². The fourth-order valence-electron chi connectivity index (χ4n) is 1.73. The van der Waals surface area contributed by atoms with Gasteiger partial charge in [0.15, 0.2) is 12.4 Å². The van der Waals surface area contributed by atoms with Crippen molar-refractivity contribution in [1.82, 2.24) is 9.55 Å². The van der Waals surface area contributed by atoms with E-state index in [4.69, 9.17) is 9.84 Å². The van der Waals surface area contributed by atoms with Gasteiger partial charge < -0.3 is 14.9 Å². The van der Waals surface area contributed by atoms with Gasteiger partial charge in [0.05, 0.1) is 10.2 Å². The fraction of sp³-hybridized carbons (Fsp3) is 0.556. The van der Waals surface area contributed by atoms with Crippen molar-refractivity contribution in [3.63, 3.8) is 0 Å². The van der Waals surface area contributed by atoms with Crippen LogP contribution in [0.3, 0.4) is 0 Å². The van der Waals surface area contributed by atoms with E-state index in [2.05, 4.69) is 0 Å². The van der Waals surface area contributed by atoms with Gasteiger partial charge in [0.1, 0.15) is 12.2 Å². The van der Waals surface area contributed by atoms with Gasteiger partial charge in [-0.25, -0.2) is 9.18 Å². The number of hydrogen-bond donors (Lipinski definition) is 3. The lowest BCUT2D eigenvalue weighted by Gasteiger charge is -2.15. The second-order valence-corrected chi connectivity index (χ2v) is 4.99. The van der Waals surface area contributed by atoms with Gasteiger partial charge in [-0.3, -0.25) is 14.3 Å². The molecule has 0 aromatic carbocycles. The maximum absolute atomic E-state index is 13.8. The first kappa shape index (κ1) is 13.6. The average molecular weight is 372 g/mol. The smallest absolute Gasteiger partial charge is 0.330 e. The normalized spacial score (nSPS) is 31.8. The van der Waals surface area contributed by atoms with Crippen molar-refractivity contribution in [3.8, 4) is 0 Å². The molecule has 1 aliphatic rings. The highest BCUT2D eigenvalue weighted by Gasteiger charge is 2.45. The molecule has 3 N–H and O–H groups in total. The molecule has 1 saturated heterocycles. The predicted molar refractivity (Wildman–Crippen MR) is 65.9 cm³/mol. The van der Waals surface area contributed by atoms with Crippen molar-refractivity contribution in [2.75, 3.05) is 6.61 Å². The number of hydrogen-bond acceptors (Lipinski definition) is 5. The summed E-state index contributed by atoms with van der Waals surface area (Å²) in [6.07, 6.45) is -4.69. The average Bonchev–Trinajstić information content (AvgIpc) is 2.61. The third-order valence-corrected chi connectivity index (χ3v) is 3.44. The molecule has 1 aromatic heterocycles. The number of aliphatic hydroxyl groups is 2. The van der Waals surface area contributed by atoms with Gasteiger partial charge in [0.2, 0.25) is 0 Å². The number of aromatic nitrogens is 2. The molecule has 7 nitrogen and oxygen atoms in total. The van der Waals surface area contributed by atoms with Gasteiger partial charge in [-0.05, 0) is 22.6 Å². The van der Waals surface area contributed by atoms with Crippen LogP contribution in [0.25, 0.3) is 0 Å². The maximum Gasteiger partial charge on any atom is 0.330 e. The van der Waals surface area contributed by atoms with Crippen molar-refractivity contribution in [2.24, 2.45) is 0 Å². The molecule has 1 aliphatic heterocycles. The largest absolute Gasteiger partial charge is 0.394 e. The Balaban J connectivity index is 2.42. The molecule has 0 aliphatic carbocycles. The topological polar surface area (TPSA) is 105 Å². The van der Waals surface area contributed by atoms with Crippen molar-refractivity contribution < 1.29 is 19.3 Å². The molecule has 0 bridgehead atoms. The lowest BCUT2D eigenvalue weighted by atomic mass is 10.1. The van der Waals surface area contributed by atoms with Crippen LogP contribution in [0.5, 0.6) is 0 Å². The molecule has 2 heterocycles. The molecule has 0 amide bonds. The van der Waals surface area contributed by atoms with Gasteiger partial charge in [0, 0.05) is 6.20 Å². The van der Waals surface area contributed by atoms with Crippen molar-refractivity contribution in [2.45, 2.75) is 24.6 Å². The lowest BCUT2D eigenvalue weighted by molar-refractivity contribution is -0.0492.